The van der Waals surface area contributed by atoms with Crippen molar-refractivity contribution in [3.63, 3.8) is 0 Å². The van der Waals surface area contributed by atoms with Crippen molar-refractivity contribution in [3.8, 4) is 11.1 Å². The zero-order chi connectivity index (χ0) is 36.5. The predicted octanol–water partition coefficient (Wildman–Crippen LogP) is 7.69. The van der Waals surface area contributed by atoms with E-state index in [4.69, 9.17) is 9.47 Å². The molecule has 0 unspecified atom stereocenters. The number of carbonyl (C=O) groups is 1. The van der Waals surface area contributed by atoms with E-state index < -0.39 is 12.4 Å². The lowest BCUT2D eigenvalue weighted by Gasteiger charge is -2.43. The highest BCUT2D eigenvalue weighted by Gasteiger charge is 2.39. The minimum absolute atomic E-state index is 0.00304. The summed E-state index contributed by atoms with van der Waals surface area (Å²) >= 11 is 0. The summed E-state index contributed by atoms with van der Waals surface area (Å²) in [5.74, 6) is 0.00304. The van der Waals surface area contributed by atoms with Crippen molar-refractivity contribution in [1.29, 1.82) is 0 Å². The summed E-state index contributed by atoms with van der Waals surface area (Å²) in [5.41, 5.74) is 7.74. The van der Waals surface area contributed by atoms with Crippen molar-refractivity contribution < 1.29 is 24.5 Å². The number of urea groups is 1. The van der Waals surface area contributed by atoms with E-state index in [0.717, 1.165) is 44.5 Å². The van der Waals surface area contributed by atoms with Crippen molar-refractivity contribution in [2.24, 2.45) is 5.92 Å². The van der Waals surface area contributed by atoms with E-state index in [1.54, 1.807) is 0 Å². The number of likely N-dealkylation sites (N-methyl/N-ethyl adjacent to an activating group) is 1. The van der Waals surface area contributed by atoms with Crippen molar-refractivity contribution in [2.75, 3.05) is 13.6 Å². The van der Waals surface area contributed by atoms with E-state index in [9.17, 15) is 15.0 Å². The topological polar surface area (TPSA) is 103 Å². The Labute approximate surface area is 307 Å². The van der Waals surface area contributed by atoms with Crippen molar-refractivity contribution >= 4 is 6.03 Å². The van der Waals surface area contributed by atoms with Crippen LogP contribution in [0.2, 0.25) is 0 Å². The molecule has 1 fully saturated rings. The van der Waals surface area contributed by atoms with Crippen LogP contribution in [0.1, 0.15) is 65.7 Å². The van der Waals surface area contributed by atoms with E-state index in [1.165, 1.54) is 0 Å². The van der Waals surface area contributed by atoms with Gasteiger partial charge >= 0.3 is 6.03 Å². The lowest BCUT2D eigenvalue weighted by molar-refractivity contribution is -0.276. The number of aliphatic hydroxyl groups excluding tert-OH is 2. The number of aliphatic hydroxyl groups is 2. The molecule has 2 amide bonds. The number of amides is 2. The smallest absolute Gasteiger partial charge is 0.315 e. The number of benzene rings is 5. The third kappa shape index (κ3) is 9.14. The van der Waals surface area contributed by atoms with E-state index in [-0.39, 0.29) is 36.8 Å². The molecule has 8 heteroatoms. The van der Waals surface area contributed by atoms with Gasteiger partial charge in [0.1, 0.15) is 0 Å². The van der Waals surface area contributed by atoms with Gasteiger partial charge in [-0.1, -0.05) is 140 Å². The van der Waals surface area contributed by atoms with Gasteiger partial charge in [0, 0.05) is 37.2 Å². The van der Waals surface area contributed by atoms with Crippen molar-refractivity contribution in [2.45, 2.75) is 64.2 Å². The number of ether oxygens (including phenoxy) is 2. The molecule has 1 aliphatic heterocycles. The van der Waals surface area contributed by atoms with Crippen LogP contribution in [-0.4, -0.2) is 46.9 Å². The van der Waals surface area contributed by atoms with Crippen LogP contribution in [0.4, 0.5) is 4.79 Å². The lowest BCUT2D eigenvalue weighted by Crippen LogP contribution is -2.46. The number of rotatable bonds is 13. The summed E-state index contributed by atoms with van der Waals surface area (Å²) in [4.78, 5) is 14.7. The second-order valence-electron chi connectivity index (χ2n) is 13.7. The lowest BCUT2D eigenvalue weighted by atomic mass is 9.89. The maximum Gasteiger partial charge on any atom is 0.315 e. The SMILES string of the molecule is C[C@@H]1[C@H](CN(C)[C@@H](C)[C@H](O)c2ccccc2)O[C@H](c2ccc(-c3ccccc3CNC(=O)NCc3ccccc3)cc2)O[C@@H]1c1ccc(CO)cc1. The summed E-state index contributed by atoms with van der Waals surface area (Å²) in [6.07, 6.45) is -1.71. The first-order valence-electron chi connectivity index (χ1n) is 18.0. The van der Waals surface area contributed by atoms with E-state index in [2.05, 4.69) is 40.7 Å². The summed E-state index contributed by atoms with van der Waals surface area (Å²) in [6.45, 7) is 5.60. The van der Waals surface area contributed by atoms with Crippen LogP contribution < -0.4 is 10.6 Å². The van der Waals surface area contributed by atoms with Gasteiger partial charge < -0.3 is 30.3 Å². The fourth-order valence-electron chi connectivity index (χ4n) is 6.74. The highest BCUT2D eigenvalue weighted by molar-refractivity contribution is 5.75. The highest BCUT2D eigenvalue weighted by atomic mass is 16.7. The molecule has 52 heavy (non-hydrogen) atoms. The van der Waals surface area contributed by atoms with Crippen molar-refractivity contribution in [3.05, 3.63) is 167 Å². The van der Waals surface area contributed by atoms with Gasteiger partial charge in [-0.3, -0.25) is 4.90 Å². The average molecular weight is 700 g/mol. The van der Waals surface area contributed by atoms with Gasteiger partial charge in [-0.25, -0.2) is 4.79 Å². The summed E-state index contributed by atoms with van der Waals surface area (Å²) < 4.78 is 13.5. The molecule has 8 nitrogen and oxygen atoms in total. The largest absolute Gasteiger partial charge is 0.392 e. The Morgan fingerprint density at radius 1 is 0.750 bits per heavy atom. The molecule has 1 saturated heterocycles. The van der Waals surface area contributed by atoms with Crippen LogP contribution in [-0.2, 0) is 29.2 Å². The summed E-state index contributed by atoms with van der Waals surface area (Å²) in [6, 6.07) is 43.4. The molecule has 5 aromatic rings. The fraction of sp³-hybridized carbons (Fsp3) is 0.295. The molecule has 6 atom stereocenters. The Bertz CT molecular complexity index is 1850. The Hall–Kier alpha value is -4.83. The fourth-order valence-corrected chi connectivity index (χ4v) is 6.74. The second-order valence-corrected chi connectivity index (χ2v) is 13.7. The quantitative estimate of drug-likeness (QED) is 0.101. The van der Waals surface area contributed by atoms with Crippen LogP contribution in [0.25, 0.3) is 11.1 Å². The zero-order valence-corrected chi connectivity index (χ0v) is 30.1. The Morgan fingerprint density at radius 2 is 1.37 bits per heavy atom. The maximum absolute atomic E-state index is 12.6. The van der Waals surface area contributed by atoms with Crippen LogP contribution in [0, 0.1) is 5.92 Å². The first-order chi connectivity index (χ1) is 25.3. The van der Waals surface area contributed by atoms with Gasteiger partial charge in [-0.2, -0.15) is 0 Å². The van der Waals surface area contributed by atoms with Gasteiger partial charge in [0.15, 0.2) is 6.29 Å². The molecule has 4 N–H and O–H groups in total. The normalized spacial score (nSPS) is 19.9. The number of carbonyl (C=O) groups excluding carboxylic acids is 1. The van der Waals surface area contributed by atoms with Crippen LogP contribution in [0.5, 0.6) is 0 Å². The molecule has 1 aliphatic rings. The van der Waals surface area contributed by atoms with Crippen molar-refractivity contribution in [1.82, 2.24) is 15.5 Å². The average Bonchev–Trinajstić information content (AvgIpc) is 3.20. The standard InChI is InChI=1S/C44H49N3O5/c1-30-40(28-47(3)31(2)41(49)35-14-8-5-9-15-35)51-43(52-42(30)36-20-18-33(29-48)19-21-36)37-24-22-34(23-25-37)39-17-11-10-16-38(39)27-46-44(50)45-26-32-12-6-4-7-13-32/h4-25,30-31,40-43,48-49H,26-29H2,1-3H3,(H2,45,46,50)/t30-,31+,40+,41+,42+,43+/m1/s1. The molecule has 0 bridgehead atoms. The molecule has 270 valence electrons. The molecule has 0 spiro atoms. The highest BCUT2D eigenvalue weighted by Crippen LogP contribution is 2.42. The van der Waals surface area contributed by atoms with Crippen LogP contribution in [0.15, 0.2) is 133 Å². The molecule has 6 rings (SSSR count). The van der Waals surface area contributed by atoms with Gasteiger partial charge in [0.2, 0.25) is 0 Å². The van der Waals surface area contributed by atoms with E-state index in [0.29, 0.717) is 19.6 Å². The molecule has 0 aromatic heterocycles. The van der Waals surface area contributed by atoms with Gasteiger partial charge in [-0.15, -0.1) is 0 Å². The number of nitrogens with zero attached hydrogens (tertiary/aromatic N) is 1. The second kappa shape index (κ2) is 17.6. The number of nitrogens with one attached hydrogen (secondary N) is 2. The molecule has 0 saturated carbocycles. The molecule has 5 aromatic carbocycles. The molecule has 0 radical (unpaired) electrons. The third-order valence-electron chi connectivity index (χ3n) is 10.1. The first-order valence-corrected chi connectivity index (χ1v) is 18.0. The van der Waals surface area contributed by atoms with Gasteiger partial charge in [-0.05, 0) is 52.9 Å². The van der Waals surface area contributed by atoms with Gasteiger partial charge in [0.25, 0.3) is 0 Å². The predicted molar refractivity (Wildman–Crippen MR) is 204 cm³/mol. The Balaban J connectivity index is 1.17. The van der Waals surface area contributed by atoms with Crippen LogP contribution in [0.3, 0.4) is 0 Å². The Morgan fingerprint density at radius 3 is 2.06 bits per heavy atom. The molecular formula is C44H49N3O5. The van der Waals surface area contributed by atoms with Gasteiger partial charge in [0.05, 0.1) is 24.9 Å². The van der Waals surface area contributed by atoms with E-state index >= 15 is 0 Å². The molecular weight excluding hydrogens is 651 g/mol. The van der Waals surface area contributed by atoms with E-state index in [1.807, 2.05) is 129 Å². The Kier molecular flexibility index (Phi) is 12.5. The third-order valence-corrected chi connectivity index (χ3v) is 10.1. The zero-order valence-electron chi connectivity index (χ0n) is 30.1. The molecule has 1 heterocycles. The number of hydrogen-bond acceptors (Lipinski definition) is 6. The monoisotopic (exact) mass is 699 g/mol. The van der Waals surface area contributed by atoms with Crippen LogP contribution >= 0.6 is 0 Å². The minimum Gasteiger partial charge on any atom is -0.392 e. The summed E-state index contributed by atoms with van der Waals surface area (Å²) in [7, 11) is 2.02. The molecule has 0 aliphatic carbocycles. The first kappa shape index (κ1) is 36.9. The minimum atomic E-state index is -0.645. The maximum atomic E-state index is 12.6. The summed E-state index contributed by atoms with van der Waals surface area (Å²) in [5, 5.41) is 26.7. The number of hydrogen-bond donors (Lipinski definition) is 4.